The number of carbonyl (C=O) groups excluding carboxylic acids is 2. The molecule has 0 aliphatic carbocycles. The molecule has 0 unspecified atom stereocenters. The zero-order chi connectivity index (χ0) is 23.8. The zero-order valence-corrected chi connectivity index (χ0v) is 18.0. The van der Waals surface area contributed by atoms with Crippen molar-refractivity contribution in [1.29, 1.82) is 5.26 Å². The number of anilines is 1. The van der Waals surface area contributed by atoms with Crippen LogP contribution in [0.25, 0.3) is 0 Å². The molecule has 4 rings (SSSR count). The minimum Gasteiger partial charge on any atom is -0.347 e. The summed E-state index contributed by atoms with van der Waals surface area (Å²) in [7, 11) is 0. The Balaban J connectivity index is 1.58. The first-order valence-electron chi connectivity index (χ1n) is 10.2. The van der Waals surface area contributed by atoms with E-state index in [1.807, 2.05) is 6.07 Å². The van der Waals surface area contributed by atoms with Gasteiger partial charge in [0.05, 0.1) is 23.6 Å². The third kappa shape index (κ3) is 4.30. The summed E-state index contributed by atoms with van der Waals surface area (Å²) >= 11 is 0. The van der Waals surface area contributed by atoms with Crippen LogP contribution in [0.4, 0.5) is 14.6 Å². The standard InChI is InChI=1S/C25H20F2N4O2/c1-25(2)20-7-8-21(23(32)29-13-16-5-3-15(12-28)4-6-16)30-22(20)31(24(25)33)14-17-9-18(26)11-19(27)10-17/h3-11H,13-14H2,1-2H3,(H,29,32). The van der Waals surface area contributed by atoms with Crippen LogP contribution in [0.5, 0.6) is 0 Å². The Bertz CT molecular complexity index is 1280. The Morgan fingerprint density at radius 3 is 2.36 bits per heavy atom. The van der Waals surface area contributed by atoms with Crippen molar-refractivity contribution in [1.82, 2.24) is 10.3 Å². The number of halogens is 2. The predicted molar refractivity (Wildman–Crippen MR) is 117 cm³/mol. The Morgan fingerprint density at radius 2 is 1.73 bits per heavy atom. The monoisotopic (exact) mass is 446 g/mol. The van der Waals surface area contributed by atoms with Gasteiger partial charge in [-0.2, -0.15) is 5.26 Å². The molecular formula is C25H20F2N4O2. The van der Waals surface area contributed by atoms with Crippen molar-refractivity contribution < 1.29 is 18.4 Å². The van der Waals surface area contributed by atoms with Crippen LogP contribution >= 0.6 is 0 Å². The second-order valence-corrected chi connectivity index (χ2v) is 8.35. The molecule has 1 aliphatic rings. The first-order valence-corrected chi connectivity index (χ1v) is 10.2. The summed E-state index contributed by atoms with van der Waals surface area (Å²) in [6.07, 6.45) is 0. The van der Waals surface area contributed by atoms with Crippen LogP contribution in [0.15, 0.2) is 54.6 Å². The third-order valence-electron chi connectivity index (χ3n) is 5.62. The maximum atomic E-state index is 13.7. The summed E-state index contributed by atoms with van der Waals surface area (Å²) in [6, 6.07) is 15.2. The quantitative estimate of drug-likeness (QED) is 0.642. The Labute approximate surface area is 189 Å². The number of nitrogens with one attached hydrogen (secondary N) is 1. The fourth-order valence-corrected chi connectivity index (χ4v) is 3.82. The number of fused-ring (bicyclic) bond motifs is 1. The van der Waals surface area contributed by atoms with E-state index in [0.717, 1.165) is 23.8 Å². The zero-order valence-electron chi connectivity index (χ0n) is 18.0. The lowest BCUT2D eigenvalue weighted by Gasteiger charge is -2.20. The molecule has 0 radical (unpaired) electrons. The van der Waals surface area contributed by atoms with Gasteiger partial charge in [-0.25, -0.2) is 13.8 Å². The molecule has 1 N–H and O–H groups in total. The molecule has 1 aromatic heterocycles. The van der Waals surface area contributed by atoms with Crippen molar-refractivity contribution in [3.05, 3.63) is 94.2 Å². The predicted octanol–water partition coefficient (Wildman–Crippen LogP) is 3.99. The molecule has 1 aliphatic heterocycles. The number of rotatable bonds is 5. The molecule has 33 heavy (non-hydrogen) atoms. The fraction of sp³-hybridized carbons (Fsp3) is 0.200. The average molecular weight is 446 g/mol. The van der Waals surface area contributed by atoms with Gasteiger partial charge in [0.15, 0.2) is 0 Å². The van der Waals surface area contributed by atoms with E-state index in [1.54, 1.807) is 50.2 Å². The lowest BCUT2D eigenvalue weighted by molar-refractivity contribution is -0.122. The number of amides is 2. The summed E-state index contributed by atoms with van der Waals surface area (Å²) < 4.78 is 27.3. The van der Waals surface area contributed by atoms with E-state index in [9.17, 15) is 18.4 Å². The van der Waals surface area contributed by atoms with Crippen LogP contribution < -0.4 is 10.2 Å². The highest BCUT2D eigenvalue weighted by atomic mass is 19.1. The first kappa shape index (κ1) is 22.1. The molecule has 0 spiro atoms. The number of hydrogen-bond acceptors (Lipinski definition) is 4. The van der Waals surface area contributed by atoms with E-state index in [-0.39, 0.29) is 30.3 Å². The van der Waals surface area contributed by atoms with Crippen molar-refractivity contribution in [2.45, 2.75) is 32.4 Å². The molecule has 8 heteroatoms. The largest absolute Gasteiger partial charge is 0.347 e. The molecule has 3 aromatic rings. The summed E-state index contributed by atoms with van der Waals surface area (Å²) in [4.78, 5) is 31.6. The van der Waals surface area contributed by atoms with Gasteiger partial charge >= 0.3 is 0 Å². The van der Waals surface area contributed by atoms with Gasteiger partial charge in [-0.1, -0.05) is 18.2 Å². The van der Waals surface area contributed by atoms with Gasteiger partial charge in [-0.3, -0.25) is 14.5 Å². The number of nitrogens with zero attached hydrogens (tertiary/aromatic N) is 3. The van der Waals surface area contributed by atoms with E-state index >= 15 is 0 Å². The molecule has 6 nitrogen and oxygen atoms in total. The van der Waals surface area contributed by atoms with Gasteiger partial charge < -0.3 is 5.32 Å². The number of hydrogen-bond donors (Lipinski definition) is 1. The lowest BCUT2D eigenvalue weighted by atomic mass is 9.87. The molecular weight excluding hydrogens is 426 g/mol. The minimum absolute atomic E-state index is 0.0761. The van der Waals surface area contributed by atoms with Gasteiger partial charge in [0.25, 0.3) is 5.91 Å². The Kier molecular flexibility index (Phi) is 5.64. The van der Waals surface area contributed by atoms with E-state index < -0.39 is 23.0 Å². The average Bonchev–Trinajstić information content (AvgIpc) is 2.97. The number of carbonyl (C=O) groups is 2. The van der Waals surface area contributed by atoms with Crippen LogP contribution in [-0.2, 0) is 23.3 Å². The third-order valence-corrected chi connectivity index (χ3v) is 5.62. The van der Waals surface area contributed by atoms with Crippen molar-refractivity contribution in [3.8, 4) is 6.07 Å². The second-order valence-electron chi connectivity index (χ2n) is 8.35. The summed E-state index contributed by atoms with van der Waals surface area (Å²) in [5.41, 5.74) is 1.47. The van der Waals surface area contributed by atoms with Crippen molar-refractivity contribution in [2.75, 3.05) is 4.90 Å². The smallest absolute Gasteiger partial charge is 0.270 e. The highest BCUT2D eigenvalue weighted by Crippen LogP contribution is 2.41. The Morgan fingerprint density at radius 1 is 1.06 bits per heavy atom. The number of nitriles is 1. The van der Waals surface area contributed by atoms with Gasteiger partial charge in [0.1, 0.15) is 23.1 Å². The molecule has 0 bridgehead atoms. The normalized spacial score (nSPS) is 14.0. The van der Waals surface area contributed by atoms with Crippen molar-refractivity contribution in [2.24, 2.45) is 0 Å². The molecule has 0 atom stereocenters. The number of benzene rings is 2. The molecule has 2 amide bonds. The fourth-order valence-electron chi connectivity index (χ4n) is 3.82. The second kappa shape index (κ2) is 8.43. The summed E-state index contributed by atoms with van der Waals surface area (Å²) in [6.45, 7) is 3.65. The molecule has 0 saturated heterocycles. The maximum Gasteiger partial charge on any atom is 0.270 e. The SMILES string of the molecule is CC1(C)C(=O)N(Cc2cc(F)cc(F)c2)c2nc(C(=O)NCc3ccc(C#N)cc3)ccc21. The highest BCUT2D eigenvalue weighted by molar-refractivity contribution is 6.07. The van der Waals surface area contributed by atoms with Crippen LogP contribution in [0.1, 0.15) is 46.6 Å². The minimum atomic E-state index is -0.897. The van der Waals surface area contributed by atoms with E-state index in [1.165, 1.54) is 4.90 Å². The topological polar surface area (TPSA) is 86.1 Å². The first-order chi connectivity index (χ1) is 15.7. The summed E-state index contributed by atoms with van der Waals surface area (Å²) in [5.74, 6) is -1.89. The van der Waals surface area contributed by atoms with Crippen LogP contribution in [-0.4, -0.2) is 16.8 Å². The van der Waals surface area contributed by atoms with Crippen LogP contribution in [0, 0.1) is 23.0 Å². The van der Waals surface area contributed by atoms with Gasteiger partial charge in [-0.15, -0.1) is 0 Å². The molecule has 2 aromatic carbocycles. The van der Waals surface area contributed by atoms with E-state index in [4.69, 9.17) is 5.26 Å². The van der Waals surface area contributed by atoms with Crippen molar-refractivity contribution in [3.63, 3.8) is 0 Å². The lowest BCUT2D eigenvalue weighted by Crippen LogP contribution is -2.36. The Hall–Kier alpha value is -4.12. The van der Waals surface area contributed by atoms with Crippen molar-refractivity contribution >= 4 is 17.6 Å². The molecule has 166 valence electrons. The van der Waals surface area contributed by atoms with Gasteiger partial charge in [0.2, 0.25) is 5.91 Å². The molecule has 0 fully saturated rings. The van der Waals surface area contributed by atoms with E-state index in [2.05, 4.69) is 10.3 Å². The maximum absolute atomic E-state index is 13.7. The molecule has 0 saturated carbocycles. The van der Waals surface area contributed by atoms with E-state index in [0.29, 0.717) is 16.9 Å². The van der Waals surface area contributed by atoms with Crippen LogP contribution in [0.2, 0.25) is 0 Å². The van der Waals surface area contributed by atoms with Crippen LogP contribution in [0.3, 0.4) is 0 Å². The van der Waals surface area contributed by atoms with Gasteiger partial charge in [-0.05, 0) is 55.3 Å². The highest BCUT2D eigenvalue weighted by Gasteiger charge is 2.45. The van der Waals surface area contributed by atoms with Gasteiger partial charge in [0, 0.05) is 18.2 Å². The number of pyridine rings is 1. The summed E-state index contributed by atoms with van der Waals surface area (Å²) in [5, 5.41) is 11.6. The molecule has 2 heterocycles. The number of aromatic nitrogens is 1.